The van der Waals surface area contributed by atoms with E-state index >= 15 is 0 Å². The third kappa shape index (κ3) is 2.79. The van der Waals surface area contributed by atoms with Crippen LogP contribution in [0.5, 0.6) is 0 Å². The summed E-state index contributed by atoms with van der Waals surface area (Å²) >= 11 is 7.73. The van der Waals surface area contributed by atoms with Gasteiger partial charge in [0.25, 0.3) is 0 Å². The number of anilines is 1. The number of aromatic nitrogens is 1. The molecule has 0 spiro atoms. The summed E-state index contributed by atoms with van der Waals surface area (Å²) in [6, 6.07) is 4.39. The lowest BCUT2D eigenvalue weighted by molar-refractivity contribution is 0.685. The van der Waals surface area contributed by atoms with Crippen molar-refractivity contribution in [2.75, 3.05) is 16.8 Å². The Balaban J connectivity index is 1.92. The zero-order valence-electron chi connectivity index (χ0n) is 7.87. The van der Waals surface area contributed by atoms with Gasteiger partial charge in [-0.25, -0.2) is 4.98 Å². The van der Waals surface area contributed by atoms with Crippen molar-refractivity contribution in [3.05, 3.63) is 23.5 Å². The average Bonchev–Trinajstić information content (AvgIpc) is 2.23. The maximum absolute atomic E-state index is 5.71. The van der Waals surface area contributed by atoms with Crippen LogP contribution in [0.2, 0.25) is 5.15 Å². The van der Waals surface area contributed by atoms with Crippen molar-refractivity contribution in [2.24, 2.45) is 0 Å². The topological polar surface area (TPSA) is 24.9 Å². The summed E-state index contributed by atoms with van der Waals surface area (Å²) in [5.41, 5.74) is 1.07. The molecule has 0 aromatic carbocycles. The van der Waals surface area contributed by atoms with Crippen LogP contribution in [0.15, 0.2) is 18.3 Å². The Morgan fingerprint density at radius 3 is 3.07 bits per heavy atom. The molecule has 76 valence electrons. The van der Waals surface area contributed by atoms with Crippen molar-refractivity contribution < 1.29 is 0 Å². The molecule has 1 N–H and O–H groups in total. The molecule has 0 amide bonds. The van der Waals surface area contributed by atoms with Crippen LogP contribution < -0.4 is 5.32 Å². The van der Waals surface area contributed by atoms with Crippen LogP contribution in [0.1, 0.15) is 12.8 Å². The van der Waals surface area contributed by atoms with E-state index in [0.717, 1.165) is 5.69 Å². The molecular formula is C10H13ClN2S. The van der Waals surface area contributed by atoms with Crippen LogP contribution in [0.25, 0.3) is 0 Å². The molecule has 1 aliphatic heterocycles. The van der Waals surface area contributed by atoms with Gasteiger partial charge in [-0.15, -0.1) is 0 Å². The first-order valence-corrected chi connectivity index (χ1v) is 6.34. The van der Waals surface area contributed by atoms with Crippen molar-refractivity contribution >= 4 is 29.1 Å². The third-order valence-corrected chi connectivity index (χ3v) is 3.70. The minimum Gasteiger partial charge on any atom is -0.380 e. The molecule has 0 bridgehead atoms. The van der Waals surface area contributed by atoms with Gasteiger partial charge in [0.05, 0.1) is 11.9 Å². The average molecular weight is 229 g/mol. The number of hydrogen-bond donors (Lipinski definition) is 1. The fourth-order valence-corrected chi connectivity index (χ4v) is 2.74. The summed E-state index contributed by atoms with van der Waals surface area (Å²) in [5, 5.41) is 4.02. The number of nitrogens with one attached hydrogen (secondary N) is 1. The van der Waals surface area contributed by atoms with Gasteiger partial charge in [0.2, 0.25) is 0 Å². The lowest BCUT2D eigenvalue weighted by Crippen LogP contribution is -2.25. The van der Waals surface area contributed by atoms with Crippen LogP contribution in [0, 0.1) is 0 Å². The van der Waals surface area contributed by atoms with Crippen LogP contribution >= 0.6 is 23.4 Å². The van der Waals surface area contributed by atoms with Crippen LogP contribution in [-0.2, 0) is 0 Å². The Morgan fingerprint density at radius 1 is 1.50 bits per heavy atom. The highest BCUT2D eigenvalue weighted by molar-refractivity contribution is 7.99. The molecule has 0 unspecified atom stereocenters. The van der Waals surface area contributed by atoms with Crippen molar-refractivity contribution in [1.82, 2.24) is 4.98 Å². The molecule has 1 saturated heterocycles. The molecule has 1 aromatic rings. The van der Waals surface area contributed by atoms with Crippen LogP contribution in [0.4, 0.5) is 5.69 Å². The predicted octanol–water partition coefficient (Wildman–Crippen LogP) is 3.04. The van der Waals surface area contributed by atoms with Crippen molar-refractivity contribution in [2.45, 2.75) is 18.9 Å². The number of nitrogens with zero attached hydrogens (tertiary/aromatic N) is 1. The largest absolute Gasteiger partial charge is 0.380 e. The molecule has 0 radical (unpaired) electrons. The third-order valence-electron chi connectivity index (χ3n) is 2.26. The smallest absolute Gasteiger partial charge is 0.129 e. The first-order chi connectivity index (χ1) is 6.84. The lowest BCUT2D eigenvalue weighted by Gasteiger charge is -2.23. The summed E-state index contributed by atoms with van der Waals surface area (Å²) in [7, 11) is 0. The van der Waals surface area contributed by atoms with Gasteiger partial charge < -0.3 is 5.32 Å². The maximum Gasteiger partial charge on any atom is 0.129 e. The molecule has 2 rings (SSSR count). The van der Waals surface area contributed by atoms with E-state index in [0.29, 0.717) is 11.2 Å². The van der Waals surface area contributed by atoms with E-state index in [9.17, 15) is 0 Å². The molecule has 1 atom stereocenters. The summed E-state index contributed by atoms with van der Waals surface area (Å²) in [4.78, 5) is 4.04. The predicted molar refractivity (Wildman–Crippen MR) is 63.2 cm³/mol. The Kier molecular flexibility index (Phi) is 3.54. The zero-order valence-corrected chi connectivity index (χ0v) is 9.44. The number of rotatable bonds is 2. The van der Waals surface area contributed by atoms with E-state index in [1.54, 1.807) is 6.20 Å². The minimum absolute atomic E-state index is 0.550. The first kappa shape index (κ1) is 10.1. The van der Waals surface area contributed by atoms with Crippen molar-refractivity contribution in [3.8, 4) is 0 Å². The monoisotopic (exact) mass is 228 g/mol. The number of hydrogen-bond acceptors (Lipinski definition) is 3. The van der Waals surface area contributed by atoms with Crippen molar-refractivity contribution in [3.63, 3.8) is 0 Å². The molecule has 1 aromatic heterocycles. The molecule has 1 fully saturated rings. The van der Waals surface area contributed by atoms with Crippen LogP contribution in [0.3, 0.4) is 0 Å². The second kappa shape index (κ2) is 4.89. The van der Waals surface area contributed by atoms with E-state index in [1.807, 2.05) is 23.9 Å². The molecule has 0 aliphatic carbocycles. The van der Waals surface area contributed by atoms with E-state index in [4.69, 9.17) is 11.6 Å². The number of pyridine rings is 1. The summed E-state index contributed by atoms with van der Waals surface area (Å²) in [6.07, 6.45) is 4.36. The van der Waals surface area contributed by atoms with Crippen LogP contribution in [-0.4, -0.2) is 22.5 Å². The van der Waals surface area contributed by atoms with Gasteiger partial charge in [0.1, 0.15) is 5.15 Å². The highest BCUT2D eigenvalue weighted by Gasteiger charge is 2.12. The number of thioether (sulfide) groups is 1. The Bertz CT molecular complexity index is 283. The van der Waals surface area contributed by atoms with E-state index < -0.39 is 0 Å². The zero-order chi connectivity index (χ0) is 9.80. The quantitative estimate of drug-likeness (QED) is 0.788. The van der Waals surface area contributed by atoms with Gasteiger partial charge in [-0.1, -0.05) is 11.6 Å². The second-order valence-electron chi connectivity index (χ2n) is 3.43. The first-order valence-electron chi connectivity index (χ1n) is 4.80. The van der Waals surface area contributed by atoms with Gasteiger partial charge >= 0.3 is 0 Å². The highest BCUT2D eigenvalue weighted by Crippen LogP contribution is 2.20. The molecule has 0 saturated carbocycles. The minimum atomic E-state index is 0.550. The van der Waals surface area contributed by atoms with Gasteiger partial charge in [-0.05, 0) is 30.7 Å². The fourth-order valence-electron chi connectivity index (χ4n) is 1.55. The Morgan fingerprint density at radius 2 is 2.43 bits per heavy atom. The molecular weight excluding hydrogens is 216 g/mol. The van der Waals surface area contributed by atoms with Crippen molar-refractivity contribution in [1.29, 1.82) is 0 Å². The summed E-state index contributed by atoms with van der Waals surface area (Å²) < 4.78 is 0. The fraction of sp³-hybridized carbons (Fsp3) is 0.500. The Hall–Kier alpha value is -0.410. The van der Waals surface area contributed by atoms with Gasteiger partial charge in [0, 0.05) is 11.8 Å². The van der Waals surface area contributed by atoms with E-state index in [1.165, 1.54) is 24.3 Å². The molecule has 1 aliphatic rings. The van der Waals surface area contributed by atoms with E-state index in [2.05, 4.69) is 10.3 Å². The second-order valence-corrected chi connectivity index (χ2v) is 4.97. The van der Waals surface area contributed by atoms with Gasteiger partial charge in [-0.2, -0.15) is 11.8 Å². The highest BCUT2D eigenvalue weighted by atomic mass is 35.5. The molecule has 2 heterocycles. The molecule has 4 heteroatoms. The number of halogens is 1. The Labute approximate surface area is 93.4 Å². The van der Waals surface area contributed by atoms with Gasteiger partial charge in [0.15, 0.2) is 0 Å². The van der Waals surface area contributed by atoms with E-state index in [-0.39, 0.29) is 0 Å². The lowest BCUT2D eigenvalue weighted by atomic mass is 10.2. The standard InChI is InChI=1S/C10H13ClN2S/c11-10-4-3-8(6-12-10)13-9-2-1-5-14-7-9/h3-4,6,9,13H,1-2,5,7H2/t9-/m1/s1. The summed E-state index contributed by atoms with van der Waals surface area (Å²) in [5.74, 6) is 2.50. The SMILES string of the molecule is Clc1ccc(N[C@@H]2CCCSC2)cn1. The van der Waals surface area contributed by atoms with Gasteiger partial charge in [-0.3, -0.25) is 0 Å². The molecule has 14 heavy (non-hydrogen) atoms. The maximum atomic E-state index is 5.71. The summed E-state index contributed by atoms with van der Waals surface area (Å²) in [6.45, 7) is 0. The molecule has 2 nitrogen and oxygen atoms in total. The normalized spacial score (nSPS) is 21.9.